The summed E-state index contributed by atoms with van der Waals surface area (Å²) in [6.07, 6.45) is 3.60. The van der Waals surface area contributed by atoms with E-state index in [-0.39, 0.29) is 12.1 Å². The van der Waals surface area contributed by atoms with E-state index in [1.165, 1.54) is 6.92 Å². The molecular formula is C6H11N3O. The smallest absolute Gasteiger partial charge is 0.218 e. The first kappa shape index (κ1) is 6.92. The molecule has 0 aromatic carbocycles. The van der Waals surface area contributed by atoms with Crippen LogP contribution >= 0.6 is 0 Å². The minimum atomic E-state index is -0.0189. The van der Waals surface area contributed by atoms with Crippen molar-refractivity contribution in [2.45, 2.75) is 13.1 Å². The quantitative estimate of drug-likeness (QED) is 0.444. The Labute approximate surface area is 59.7 Å². The van der Waals surface area contributed by atoms with Crippen LogP contribution in [0, 0.1) is 0 Å². The monoisotopic (exact) mass is 141 g/mol. The lowest BCUT2D eigenvalue weighted by Gasteiger charge is -2.21. The second-order valence-electron chi connectivity index (χ2n) is 2.16. The van der Waals surface area contributed by atoms with Crippen molar-refractivity contribution in [2.75, 3.05) is 6.54 Å². The van der Waals surface area contributed by atoms with Gasteiger partial charge in [0.2, 0.25) is 5.91 Å². The third kappa shape index (κ3) is 1.97. The molecule has 0 fully saturated rings. The predicted octanol–water partition coefficient (Wildman–Crippen LogP) is -0.887. The lowest BCUT2D eigenvalue weighted by atomic mass is 10.4. The van der Waals surface area contributed by atoms with Gasteiger partial charge in [-0.3, -0.25) is 4.79 Å². The Balaban J connectivity index is 2.28. The fourth-order valence-electron chi connectivity index (χ4n) is 0.806. The van der Waals surface area contributed by atoms with Crippen LogP contribution in [-0.4, -0.2) is 18.6 Å². The highest BCUT2D eigenvalue weighted by atomic mass is 16.1. The van der Waals surface area contributed by atoms with Crippen molar-refractivity contribution in [3.05, 3.63) is 12.4 Å². The lowest BCUT2D eigenvalue weighted by Crippen LogP contribution is -2.50. The number of carbonyl (C=O) groups is 1. The number of hydrogen-bond acceptors (Lipinski definition) is 3. The van der Waals surface area contributed by atoms with Gasteiger partial charge in [0.1, 0.15) is 6.17 Å². The molecular weight excluding hydrogens is 130 g/mol. The molecule has 3 N–H and O–H groups in total. The molecule has 0 radical (unpaired) electrons. The van der Waals surface area contributed by atoms with Gasteiger partial charge in [-0.2, -0.15) is 0 Å². The average molecular weight is 141 g/mol. The van der Waals surface area contributed by atoms with E-state index in [0.29, 0.717) is 0 Å². The van der Waals surface area contributed by atoms with Crippen LogP contribution in [-0.2, 0) is 4.79 Å². The Hall–Kier alpha value is -1.19. The van der Waals surface area contributed by atoms with Crippen molar-refractivity contribution in [2.24, 2.45) is 0 Å². The minimum Gasteiger partial charge on any atom is -0.386 e. The van der Waals surface area contributed by atoms with Gasteiger partial charge < -0.3 is 16.0 Å². The van der Waals surface area contributed by atoms with Crippen LogP contribution in [0.25, 0.3) is 0 Å². The van der Waals surface area contributed by atoms with E-state index in [4.69, 9.17) is 0 Å². The van der Waals surface area contributed by atoms with Gasteiger partial charge in [0.05, 0.1) is 6.54 Å². The topological polar surface area (TPSA) is 53.2 Å². The zero-order valence-corrected chi connectivity index (χ0v) is 5.85. The first-order valence-electron chi connectivity index (χ1n) is 3.20. The number of nitrogens with one attached hydrogen (secondary N) is 3. The van der Waals surface area contributed by atoms with Crippen LogP contribution in [0.15, 0.2) is 12.4 Å². The van der Waals surface area contributed by atoms with Crippen molar-refractivity contribution >= 4 is 5.91 Å². The Morgan fingerprint density at radius 1 is 1.70 bits per heavy atom. The molecule has 0 bridgehead atoms. The molecule has 1 aliphatic rings. The SMILES string of the molecule is CC(=O)NC1CNC=CN1. The highest BCUT2D eigenvalue weighted by Gasteiger charge is 2.07. The lowest BCUT2D eigenvalue weighted by molar-refractivity contribution is -0.119. The second-order valence-corrected chi connectivity index (χ2v) is 2.16. The molecule has 1 aliphatic heterocycles. The minimum absolute atomic E-state index is 0.0189. The first-order valence-corrected chi connectivity index (χ1v) is 3.20. The molecule has 1 heterocycles. The van der Waals surface area contributed by atoms with Gasteiger partial charge in [-0.15, -0.1) is 0 Å². The average Bonchev–Trinajstić information content (AvgIpc) is 1.88. The molecule has 0 aromatic rings. The maximum Gasteiger partial charge on any atom is 0.218 e. The van der Waals surface area contributed by atoms with Crippen LogP contribution in [0.5, 0.6) is 0 Å². The van der Waals surface area contributed by atoms with E-state index in [1.54, 1.807) is 12.4 Å². The zero-order chi connectivity index (χ0) is 7.40. The van der Waals surface area contributed by atoms with Gasteiger partial charge in [-0.25, -0.2) is 0 Å². The number of amides is 1. The highest BCUT2D eigenvalue weighted by Crippen LogP contribution is 1.82. The molecule has 10 heavy (non-hydrogen) atoms. The Morgan fingerprint density at radius 2 is 2.50 bits per heavy atom. The van der Waals surface area contributed by atoms with Gasteiger partial charge in [-0.1, -0.05) is 0 Å². The molecule has 4 nitrogen and oxygen atoms in total. The molecule has 0 saturated heterocycles. The molecule has 1 unspecified atom stereocenters. The molecule has 1 atom stereocenters. The summed E-state index contributed by atoms with van der Waals surface area (Å²) in [6, 6.07) is 0. The normalized spacial score (nSPS) is 22.7. The van der Waals surface area contributed by atoms with E-state index in [2.05, 4.69) is 16.0 Å². The van der Waals surface area contributed by atoms with E-state index in [1.807, 2.05) is 0 Å². The summed E-state index contributed by atoms with van der Waals surface area (Å²) in [5, 5.41) is 8.68. The zero-order valence-electron chi connectivity index (χ0n) is 5.85. The van der Waals surface area contributed by atoms with E-state index in [9.17, 15) is 4.79 Å². The van der Waals surface area contributed by atoms with Gasteiger partial charge in [0, 0.05) is 19.3 Å². The fraction of sp³-hybridized carbons (Fsp3) is 0.500. The summed E-state index contributed by atoms with van der Waals surface area (Å²) in [5.41, 5.74) is 0. The standard InChI is InChI=1S/C6H11N3O/c1-5(10)9-6-4-7-2-3-8-6/h2-3,6-8H,4H2,1H3,(H,9,10). The summed E-state index contributed by atoms with van der Waals surface area (Å²) in [6.45, 7) is 2.23. The summed E-state index contributed by atoms with van der Waals surface area (Å²) < 4.78 is 0. The highest BCUT2D eigenvalue weighted by molar-refractivity contribution is 5.73. The van der Waals surface area contributed by atoms with Gasteiger partial charge >= 0.3 is 0 Å². The predicted molar refractivity (Wildman–Crippen MR) is 37.9 cm³/mol. The summed E-state index contributed by atoms with van der Waals surface area (Å²) in [7, 11) is 0. The third-order valence-corrected chi connectivity index (χ3v) is 1.20. The maximum absolute atomic E-state index is 10.5. The molecule has 0 spiro atoms. The van der Waals surface area contributed by atoms with Crippen LogP contribution in [0.2, 0.25) is 0 Å². The largest absolute Gasteiger partial charge is 0.386 e. The van der Waals surface area contributed by atoms with Gasteiger partial charge in [-0.05, 0) is 0 Å². The number of rotatable bonds is 1. The number of hydrogen-bond donors (Lipinski definition) is 3. The maximum atomic E-state index is 10.5. The van der Waals surface area contributed by atoms with Crippen molar-refractivity contribution in [1.82, 2.24) is 16.0 Å². The van der Waals surface area contributed by atoms with Crippen LogP contribution < -0.4 is 16.0 Å². The summed E-state index contributed by atoms with van der Waals surface area (Å²) in [5.74, 6) is -0.0189. The summed E-state index contributed by atoms with van der Waals surface area (Å²) in [4.78, 5) is 10.5. The Kier molecular flexibility index (Phi) is 2.15. The van der Waals surface area contributed by atoms with E-state index >= 15 is 0 Å². The van der Waals surface area contributed by atoms with Crippen molar-refractivity contribution in [1.29, 1.82) is 0 Å². The van der Waals surface area contributed by atoms with Gasteiger partial charge in [0.15, 0.2) is 0 Å². The molecule has 0 aromatic heterocycles. The van der Waals surface area contributed by atoms with Gasteiger partial charge in [0.25, 0.3) is 0 Å². The fourth-order valence-corrected chi connectivity index (χ4v) is 0.806. The van der Waals surface area contributed by atoms with Crippen molar-refractivity contribution in [3.8, 4) is 0 Å². The Bertz CT molecular complexity index is 155. The molecule has 56 valence electrons. The van der Waals surface area contributed by atoms with Crippen LogP contribution in [0.1, 0.15) is 6.92 Å². The van der Waals surface area contributed by atoms with E-state index < -0.39 is 0 Å². The number of carbonyl (C=O) groups excluding carboxylic acids is 1. The first-order chi connectivity index (χ1) is 4.79. The Morgan fingerprint density at radius 3 is 3.00 bits per heavy atom. The van der Waals surface area contributed by atoms with Crippen molar-refractivity contribution in [3.63, 3.8) is 0 Å². The molecule has 0 aliphatic carbocycles. The third-order valence-electron chi connectivity index (χ3n) is 1.20. The molecule has 0 saturated carbocycles. The van der Waals surface area contributed by atoms with Crippen molar-refractivity contribution < 1.29 is 4.79 Å². The van der Waals surface area contributed by atoms with E-state index in [0.717, 1.165) is 6.54 Å². The second kappa shape index (κ2) is 3.10. The molecule has 4 heteroatoms. The molecule has 1 amide bonds. The summed E-state index contributed by atoms with van der Waals surface area (Å²) >= 11 is 0. The van der Waals surface area contributed by atoms with Crippen LogP contribution in [0.4, 0.5) is 0 Å². The van der Waals surface area contributed by atoms with Crippen LogP contribution in [0.3, 0.4) is 0 Å². The molecule has 1 rings (SSSR count).